The summed E-state index contributed by atoms with van der Waals surface area (Å²) in [5, 5.41) is 3.11. The Morgan fingerprint density at radius 1 is 1.41 bits per heavy atom. The molecule has 0 atom stereocenters. The van der Waals surface area contributed by atoms with Gasteiger partial charge in [-0.2, -0.15) is 0 Å². The van der Waals surface area contributed by atoms with Crippen molar-refractivity contribution in [3.8, 4) is 0 Å². The number of nitrogens with zero attached hydrogens (tertiary/aromatic N) is 3. The second kappa shape index (κ2) is 7.06. The maximum absolute atomic E-state index is 5.06. The van der Waals surface area contributed by atoms with E-state index in [9.17, 15) is 0 Å². The van der Waals surface area contributed by atoms with Gasteiger partial charge in [0.25, 0.3) is 0 Å². The van der Waals surface area contributed by atoms with Crippen molar-refractivity contribution < 1.29 is 4.74 Å². The summed E-state index contributed by atoms with van der Waals surface area (Å²) < 4.78 is 5.06. The Morgan fingerprint density at radius 3 is 2.76 bits per heavy atom. The van der Waals surface area contributed by atoms with E-state index in [4.69, 9.17) is 4.74 Å². The van der Waals surface area contributed by atoms with Crippen LogP contribution in [0.2, 0.25) is 0 Å². The Bertz CT molecular complexity index is 343. The summed E-state index contributed by atoms with van der Waals surface area (Å²) in [6, 6.07) is 0. The summed E-state index contributed by atoms with van der Waals surface area (Å²) in [6.07, 6.45) is 3.52. The van der Waals surface area contributed by atoms with Crippen LogP contribution in [-0.2, 0) is 11.2 Å². The first kappa shape index (κ1) is 13.7. The van der Waals surface area contributed by atoms with Crippen molar-refractivity contribution in [2.24, 2.45) is 0 Å². The maximum Gasteiger partial charge on any atom is 0.137 e. The van der Waals surface area contributed by atoms with E-state index in [-0.39, 0.29) is 0 Å². The van der Waals surface area contributed by atoms with Crippen molar-refractivity contribution in [1.29, 1.82) is 0 Å². The van der Waals surface area contributed by atoms with Gasteiger partial charge in [0.2, 0.25) is 0 Å². The number of ether oxygens (including phenoxy) is 1. The quantitative estimate of drug-likeness (QED) is 0.730. The van der Waals surface area contributed by atoms with Gasteiger partial charge in [-0.25, -0.2) is 9.97 Å². The molecule has 1 aromatic heterocycles. The van der Waals surface area contributed by atoms with Crippen molar-refractivity contribution in [3.05, 3.63) is 11.9 Å². The molecule has 1 heterocycles. The van der Waals surface area contributed by atoms with Crippen molar-refractivity contribution in [2.75, 3.05) is 44.6 Å². The largest absolute Gasteiger partial charge is 0.385 e. The minimum atomic E-state index is 0.774. The Kier molecular flexibility index (Phi) is 5.69. The molecule has 0 spiro atoms. The van der Waals surface area contributed by atoms with Crippen LogP contribution in [0.15, 0.2) is 6.33 Å². The second-order valence-electron chi connectivity index (χ2n) is 3.90. The Hall–Kier alpha value is -1.36. The van der Waals surface area contributed by atoms with Gasteiger partial charge >= 0.3 is 0 Å². The number of anilines is 2. The fraction of sp³-hybridized carbons (Fsp3) is 0.667. The third-order valence-corrected chi connectivity index (χ3v) is 2.72. The van der Waals surface area contributed by atoms with Crippen LogP contribution in [0.4, 0.5) is 11.6 Å². The van der Waals surface area contributed by atoms with Crippen LogP contribution < -0.4 is 10.2 Å². The van der Waals surface area contributed by atoms with E-state index in [0.717, 1.165) is 43.2 Å². The average molecular weight is 238 g/mol. The summed E-state index contributed by atoms with van der Waals surface area (Å²) in [4.78, 5) is 10.8. The van der Waals surface area contributed by atoms with E-state index in [1.807, 2.05) is 7.05 Å². The third kappa shape index (κ3) is 3.56. The van der Waals surface area contributed by atoms with Crippen molar-refractivity contribution in [1.82, 2.24) is 9.97 Å². The zero-order valence-electron chi connectivity index (χ0n) is 11.2. The predicted octanol–water partition coefficient (Wildman–Crippen LogP) is 1.55. The van der Waals surface area contributed by atoms with E-state index in [1.54, 1.807) is 13.4 Å². The minimum Gasteiger partial charge on any atom is -0.385 e. The van der Waals surface area contributed by atoms with Crippen LogP contribution in [0.5, 0.6) is 0 Å². The van der Waals surface area contributed by atoms with E-state index in [2.05, 4.69) is 34.2 Å². The van der Waals surface area contributed by atoms with Gasteiger partial charge < -0.3 is 15.0 Å². The summed E-state index contributed by atoms with van der Waals surface area (Å²) in [6.45, 7) is 3.82. The van der Waals surface area contributed by atoms with Crippen LogP contribution in [0.3, 0.4) is 0 Å². The third-order valence-electron chi connectivity index (χ3n) is 2.72. The number of aromatic nitrogens is 2. The second-order valence-corrected chi connectivity index (χ2v) is 3.90. The molecule has 5 heteroatoms. The van der Waals surface area contributed by atoms with Gasteiger partial charge in [0.05, 0.1) is 0 Å². The van der Waals surface area contributed by atoms with Crippen LogP contribution in [0, 0.1) is 0 Å². The molecule has 0 saturated carbocycles. The van der Waals surface area contributed by atoms with E-state index in [0.29, 0.717) is 0 Å². The lowest BCUT2D eigenvalue weighted by Gasteiger charge is -2.21. The highest BCUT2D eigenvalue weighted by Crippen LogP contribution is 2.22. The van der Waals surface area contributed by atoms with E-state index in [1.165, 1.54) is 0 Å². The number of nitrogens with one attached hydrogen (secondary N) is 1. The first-order chi connectivity index (χ1) is 8.24. The highest BCUT2D eigenvalue weighted by atomic mass is 16.5. The van der Waals surface area contributed by atoms with Crippen LogP contribution in [-0.4, -0.2) is 44.3 Å². The fourth-order valence-electron chi connectivity index (χ4n) is 1.82. The predicted molar refractivity (Wildman–Crippen MR) is 70.7 cm³/mol. The first-order valence-corrected chi connectivity index (χ1v) is 5.96. The lowest BCUT2D eigenvalue weighted by Crippen LogP contribution is -2.23. The number of rotatable bonds is 7. The number of hydrogen-bond donors (Lipinski definition) is 1. The van der Waals surface area contributed by atoms with Gasteiger partial charge in [-0.1, -0.05) is 6.92 Å². The molecule has 0 aromatic carbocycles. The number of hydrogen-bond acceptors (Lipinski definition) is 5. The normalized spacial score (nSPS) is 10.4. The van der Waals surface area contributed by atoms with Gasteiger partial charge in [0.1, 0.15) is 18.0 Å². The summed E-state index contributed by atoms with van der Waals surface area (Å²) in [5.74, 6) is 1.92. The average Bonchev–Trinajstić information content (AvgIpc) is 2.37. The van der Waals surface area contributed by atoms with E-state index >= 15 is 0 Å². The molecule has 1 aromatic rings. The van der Waals surface area contributed by atoms with Gasteiger partial charge in [-0.15, -0.1) is 0 Å². The zero-order chi connectivity index (χ0) is 12.7. The smallest absolute Gasteiger partial charge is 0.137 e. The van der Waals surface area contributed by atoms with Gasteiger partial charge in [-0.05, 0) is 12.8 Å². The van der Waals surface area contributed by atoms with Gasteiger partial charge in [0, 0.05) is 39.9 Å². The first-order valence-electron chi connectivity index (χ1n) is 5.96. The van der Waals surface area contributed by atoms with Gasteiger partial charge in [0.15, 0.2) is 0 Å². The minimum absolute atomic E-state index is 0.774. The monoisotopic (exact) mass is 238 g/mol. The summed E-state index contributed by atoms with van der Waals surface area (Å²) >= 11 is 0. The molecule has 0 fully saturated rings. The molecule has 0 bridgehead atoms. The highest BCUT2D eigenvalue weighted by molar-refractivity contribution is 5.58. The molecule has 0 aliphatic rings. The summed E-state index contributed by atoms with van der Waals surface area (Å²) in [7, 11) is 5.66. The molecule has 0 aliphatic carbocycles. The van der Waals surface area contributed by atoms with Crippen molar-refractivity contribution in [3.63, 3.8) is 0 Å². The molecular weight excluding hydrogens is 216 g/mol. The molecule has 96 valence electrons. The molecule has 0 unspecified atom stereocenters. The molecule has 0 aliphatic heterocycles. The van der Waals surface area contributed by atoms with Gasteiger partial charge in [-0.3, -0.25) is 0 Å². The zero-order valence-corrected chi connectivity index (χ0v) is 11.2. The Morgan fingerprint density at radius 2 is 2.18 bits per heavy atom. The lowest BCUT2D eigenvalue weighted by atomic mass is 10.2. The van der Waals surface area contributed by atoms with E-state index < -0.39 is 0 Å². The molecule has 17 heavy (non-hydrogen) atoms. The molecular formula is C12H22N4O. The topological polar surface area (TPSA) is 50.3 Å². The molecule has 1 N–H and O–H groups in total. The molecule has 1 rings (SSSR count). The Labute approximate surface area is 103 Å². The molecule has 0 radical (unpaired) electrons. The van der Waals surface area contributed by atoms with Crippen molar-refractivity contribution in [2.45, 2.75) is 19.8 Å². The lowest BCUT2D eigenvalue weighted by molar-refractivity contribution is 0.196. The SMILES string of the molecule is CCc1c(NC)ncnc1N(C)CCCOC. The fourth-order valence-corrected chi connectivity index (χ4v) is 1.82. The summed E-state index contributed by atoms with van der Waals surface area (Å²) in [5.41, 5.74) is 1.16. The molecule has 5 nitrogen and oxygen atoms in total. The maximum atomic E-state index is 5.06. The standard InChI is InChI=1S/C12H22N4O/c1-5-10-11(13-2)14-9-15-12(10)16(3)7-6-8-17-4/h9H,5-8H2,1-4H3,(H,13,14,15). The Balaban J connectivity index is 2.81. The highest BCUT2D eigenvalue weighted by Gasteiger charge is 2.12. The molecule has 0 saturated heterocycles. The van der Waals surface area contributed by atoms with Crippen molar-refractivity contribution >= 4 is 11.6 Å². The molecule has 0 amide bonds. The van der Waals surface area contributed by atoms with Crippen LogP contribution >= 0.6 is 0 Å². The number of methoxy groups -OCH3 is 1. The van der Waals surface area contributed by atoms with Crippen LogP contribution in [0.1, 0.15) is 18.9 Å². The van der Waals surface area contributed by atoms with Crippen LogP contribution in [0.25, 0.3) is 0 Å².